The van der Waals surface area contributed by atoms with Crippen molar-refractivity contribution in [3.63, 3.8) is 0 Å². The molecule has 0 fully saturated rings. The van der Waals surface area contributed by atoms with Gasteiger partial charge in [0, 0.05) is 19.1 Å². The van der Waals surface area contributed by atoms with Crippen molar-refractivity contribution in [3.8, 4) is 11.5 Å². The second-order valence-electron chi connectivity index (χ2n) is 5.11. The summed E-state index contributed by atoms with van der Waals surface area (Å²) in [6, 6.07) is 16.3. The summed E-state index contributed by atoms with van der Waals surface area (Å²) < 4.78 is 14.0. The van der Waals surface area contributed by atoms with Gasteiger partial charge in [-0.05, 0) is 18.6 Å². The van der Waals surface area contributed by atoms with Crippen LogP contribution in [0.1, 0.15) is 25.8 Å². The fraction of sp³-hybridized carbons (Fsp3) is 0.278. The van der Waals surface area contributed by atoms with E-state index in [4.69, 9.17) is 9.47 Å². The van der Waals surface area contributed by atoms with Crippen LogP contribution in [-0.4, -0.2) is 23.6 Å². The van der Waals surface area contributed by atoms with Gasteiger partial charge < -0.3 is 9.47 Å². The predicted molar refractivity (Wildman–Crippen MR) is 83.8 cm³/mol. The SMILES string of the molecule is CCCOc1cccc2c1OC(C)[N+](c1ccccc1)=C2. The van der Waals surface area contributed by atoms with Crippen LogP contribution in [0.4, 0.5) is 5.69 Å². The van der Waals surface area contributed by atoms with E-state index in [1.165, 1.54) is 0 Å². The Morgan fingerprint density at radius 2 is 1.90 bits per heavy atom. The van der Waals surface area contributed by atoms with Crippen LogP contribution in [0.2, 0.25) is 0 Å². The van der Waals surface area contributed by atoms with Crippen LogP contribution in [0.3, 0.4) is 0 Å². The van der Waals surface area contributed by atoms with Crippen LogP contribution in [0, 0.1) is 0 Å². The third-order valence-electron chi connectivity index (χ3n) is 3.48. The maximum absolute atomic E-state index is 6.10. The Hall–Kier alpha value is -2.29. The van der Waals surface area contributed by atoms with Gasteiger partial charge in [0.15, 0.2) is 17.7 Å². The molecule has 1 atom stereocenters. The highest BCUT2D eigenvalue weighted by Gasteiger charge is 2.28. The molecule has 2 aromatic carbocycles. The molecule has 0 saturated carbocycles. The Balaban J connectivity index is 2.00. The standard InChI is InChI=1S/C18H20NO2/c1-3-12-20-17-11-7-8-15-13-19(14(2)21-18(15)17)16-9-5-4-6-10-16/h4-11,13-14H,3,12H2,1-2H3/q+1. The Labute approximate surface area is 125 Å². The molecule has 0 bridgehead atoms. The number of hydrogen-bond acceptors (Lipinski definition) is 2. The quantitative estimate of drug-likeness (QED) is 0.791. The topological polar surface area (TPSA) is 21.5 Å². The Morgan fingerprint density at radius 1 is 1.10 bits per heavy atom. The zero-order valence-electron chi connectivity index (χ0n) is 12.5. The third-order valence-corrected chi connectivity index (χ3v) is 3.48. The predicted octanol–water partition coefficient (Wildman–Crippen LogP) is 3.98. The first-order valence-electron chi connectivity index (χ1n) is 7.40. The molecular formula is C18H20NO2+. The van der Waals surface area contributed by atoms with Gasteiger partial charge >= 0.3 is 0 Å². The summed E-state index contributed by atoms with van der Waals surface area (Å²) >= 11 is 0. The number of hydrogen-bond donors (Lipinski definition) is 0. The van der Waals surface area contributed by atoms with Gasteiger partial charge in [0.2, 0.25) is 5.69 Å². The summed E-state index contributed by atoms with van der Waals surface area (Å²) in [7, 11) is 0. The van der Waals surface area contributed by atoms with E-state index < -0.39 is 0 Å². The van der Waals surface area contributed by atoms with Gasteiger partial charge in [-0.3, -0.25) is 0 Å². The van der Waals surface area contributed by atoms with Crippen LogP contribution in [0.25, 0.3) is 0 Å². The fourth-order valence-corrected chi connectivity index (χ4v) is 2.45. The maximum Gasteiger partial charge on any atom is 0.299 e. The van der Waals surface area contributed by atoms with Gasteiger partial charge in [-0.15, -0.1) is 0 Å². The van der Waals surface area contributed by atoms with Crippen LogP contribution < -0.4 is 9.47 Å². The lowest BCUT2D eigenvalue weighted by Crippen LogP contribution is -2.30. The van der Waals surface area contributed by atoms with E-state index in [1.807, 2.05) is 37.3 Å². The molecule has 0 radical (unpaired) electrons. The highest BCUT2D eigenvalue weighted by Crippen LogP contribution is 2.34. The highest BCUT2D eigenvalue weighted by molar-refractivity contribution is 5.83. The normalized spacial score (nSPS) is 16.7. The molecule has 21 heavy (non-hydrogen) atoms. The van der Waals surface area contributed by atoms with Crippen molar-refractivity contribution in [3.05, 3.63) is 54.1 Å². The van der Waals surface area contributed by atoms with E-state index in [0.29, 0.717) is 6.61 Å². The first-order valence-corrected chi connectivity index (χ1v) is 7.40. The van der Waals surface area contributed by atoms with E-state index in [-0.39, 0.29) is 6.23 Å². The van der Waals surface area contributed by atoms with Gasteiger partial charge in [0.05, 0.1) is 12.2 Å². The van der Waals surface area contributed by atoms with Gasteiger partial charge in [-0.1, -0.05) is 31.2 Å². The molecule has 3 heteroatoms. The lowest BCUT2D eigenvalue weighted by molar-refractivity contribution is -0.522. The molecule has 3 rings (SSSR count). The van der Waals surface area contributed by atoms with Crippen molar-refractivity contribution in [2.45, 2.75) is 26.5 Å². The first-order chi connectivity index (χ1) is 10.3. The zero-order valence-corrected chi connectivity index (χ0v) is 12.5. The van der Waals surface area contributed by atoms with Crippen LogP contribution >= 0.6 is 0 Å². The van der Waals surface area contributed by atoms with Gasteiger partial charge in [-0.25, -0.2) is 0 Å². The summed E-state index contributed by atoms with van der Waals surface area (Å²) in [6.07, 6.45) is 3.04. The van der Waals surface area contributed by atoms with Crippen molar-refractivity contribution >= 4 is 11.9 Å². The summed E-state index contributed by atoms with van der Waals surface area (Å²) in [5, 5.41) is 0. The van der Waals surface area contributed by atoms with Crippen LogP contribution in [-0.2, 0) is 0 Å². The van der Waals surface area contributed by atoms with Crippen molar-refractivity contribution in [2.75, 3.05) is 6.61 Å². The number of benzene rings is 2. The molecule has 0 spiro atoms. The summed E-state index contributed by atoms with van der Waals surface area (Å²) in [5.41, 5.74) is 2.17. The minimum atomic E-state index is -0.0636. The average molecular weight is 282 g/mol. The molecule has 1 aliphatic heterocycles. The first kappa shape index (κ1) is 13.7. The molecule has 0 N–H and O–H groups in total. The number of para-hydroxylation sites is 2. The Kier molecular flexibility index (Phi) is 3.91. The van der Waals surface area contributed by atoms with E-state index >= 15 is 0 Å². The lowest BCUT2D eigenvalue weighted by atomic mass is 10.1. The fourth-order valence-electron chi connectivity index (χ4n) is 2.45. The molecular weight excluding hydrogens is 262 g/mol. The second-order valence-corrected chi connectivity index (χ2v) is 5.11. The largest absolute Gasteiger partial charge is 0.490 e. The van der Waals surface area contributed by atoms with Crippen molar-refractivity contribution in [1.29, 1.82) is 0 Å². The number of fused-ring (bicyclic) bond motifs is 1. The van der Waals surface area contributed by atoms with Crippen molar-refractivity contribution < 1.29 is 14.0 Å². The Morgan fingerprint density at radius 3 is 2.67 bits per heavy atom. The van der Waals surface area contributed by atoms with Crippen molar-refractivity contribution in [2.24, 2.45) is 0 Å². The van der Waals surface area contributed by atoms with E-state index in [1.54, 1.807) is 0 Å². The van der Waals surface area contributed by atoms with Gasteiger partial charge in [-0.2, -0.15) is 4.58 Å². The highest BCUT2D eigenvalue weighted by atomic mass is 16.5. The molecule has 0 aliphatic carbocycles. The smallest absolute Gasteiger partial charge is 0.299 e. The molecule has 0 saturated heterocycles. The van der Waals surface area contributed by atoms with Crippen LogP contribution in [0.15, 0.2) is 48.5 Å². The maximum atomic E-state index is 6.10. The molecule has 1 unspecified atom stereocenters. The summed E-state index contributed by atoms with van der Waals surface area (Å²) in [6.45, 7) is 4.85. The zero-order chi connectivity index (χ0) is 14.7. The van der Waals surface area contributed by atoms with E-state index in [0.717, 1.165) is 29.2 Å². The molecule has 2 aromatic rings. The molecule has 1 aliphatic rings. The molecule has 3 nitrogen and oxygen atoms in total. The molecule has 1 heterocycles. The average Bonchev–Trinajstić information content (AvgIpc) is 2.53. The minimum Gasteiger partial charge on any atom is -0.490 e. The van der Waals surface area contributed by atoms with E-state index in [9.17, 15) is 0 Å². The number of ether oxygens (including phenoxy) is 2. The Bertz CT molecular complexity index is 650. The second kappa shape index (κ2) is 6.00. The minimum absolute atomic E-state index is 0.0636. The lowest BCUT2D eigenvalue weighted by Gasteiger charge is -2.21. The molecule has 0 aromatic heterocycles. The number of rotatable bonds is 4. The van der Waals surface area contributed by atoms with Gasteiger partial charge in [0.25, 0.3) is 6.23 Å². The van der Waals surface area contributed by atoms with Crippen molar-refractivity contribution in [1.82, 2.24) is 0 Å². The van der Waals surface area contributed by atoms with Gasteiger partial charge in [0.1, 0.15) is 0 Å². The summed E-state index contributed by atoms with van der Waals surface area (Å²) in [4.78, 5) is 0. The van der Waals surface area contributed by atoms with E-state index in [2.05, 4.69) is 35.9 Å². The molecule has 108 valence electrons. The third kappa shape index (κ3) is 2.77. The number of nitrogens with zero attached hydrogens (tertiary/aromatic N) is 1. The molecule has 0 amide bonds. The van der Waals surface area contributed by atoms with Crippen LogP contribution in [0.5, 0.6) is 11.5 Å². The monoisotopic (exact) mass is 282 g/mol. The summed E-state index contributed by atoms with van der Waals surface area (Å²) in [5.74, 6) is 1.66.